The Hall–Kier alpha value is -1.16. The lowest BCUT2D eigenvalue weighted by Crippen LogP contribution is -2.09. The van der Waals surface area contributed by atoms with Crippen LogP contribution in [-0.4, -0.2) is 22.6 Å². The highest BCUT2D eigenvalue weighted by Crippen LogP contribution is 2.10. The molecule has 1 unspecified atom stereocenters. The first-order chi connectivity index (χ1) is 9.26. The topological polar surface area (TPSA) is 47.0 Å². The summed E-state index contributed by atoms with van der Waals surface area (Å²) in [4.78, 5) is 8.61. The summed E-state index contributed by atoms with van der Waals surface area (Å²) in [7, 11) is 0. The fourth-order valence-corrected chi connectivity index (χ4v) is 1.87. The highest BCUT2D eigenvalue weighted by Gasteiger charge is 2.04. The molecule has 0 bridgehead atoms. The quantitative estimate of drug-likeness (QED) is 0.654. The lowest BCUT2D eigenvalue weighted by molar-refractivity contribution is 0.0438. The van der Waals surface area contributed by atoms with Crippen LogP contribution in [0.3, 0.4) is 0 Å². The summed E-state index contributed by atoms with van der Waals surface area (Å²) in [5, 5.41) is 3.13. The van der Waals surface area contributed by atoms with Crippen LogP contribution in [0.1, 0.15) is 58.6 Å². The van der Waals surface area contributed by atoms with Gasteiger partial charge in [-0.25, -0.2) is 4.98 Å². The third kappa shape index (κ3) is 7.11. The van der Waals surface area contributed by atoms with E-state index in [9.17, 15) is 0 Å². The van der Waals surface area contributed by atoms with Crippen molar-refractivity contribution in [2.24, 2.45) is 0 Å². The van der Waals surface area contributed by atoms with Crippen LogP contribution < -0.4 is 5.32 Å². The molecular weight excluding hydrogens is 238 g/mol. The molecule has 0 saturated carbocycles. The molecule has 1 atom stereocenters. The molecule has 0 fully saturated rings. The maximum absolute atomic E-state index is 5.79. The van der Waals surface area contributed by atoms with Crippen molar-refractivity contribution in [2.45, 2.75) is 65.6 Å². The van der Waals surface area contributed by atoms with Gasteiger partial charge in [0, 0.05) is 6.54 Å². The van der Waals surface area contributed by atoms with Crippen molar-refractivity contribution in [2.75, 3.05) is 11.9 Å². The molecule has 1 N–H and O–H groups in total. The Morgan fingerprint density at radius 2 is 2.00 bits per heavy atom. The largest absolute Gasteiger partial charge is 0.372 e. The van der Waals surface area contributed by atoms with E-state index in [1.54, 1.807) is 12.4 Å². The van der Waals surface area contributed by atoms with Crippen molar-refractivity contribution >= 4 is 5.82 Å². The summed E-state index contributed by atoms with van der Waals surface area (Å²) in [5.41, 5.74) is 0.891. The zero-order chi connectivity index (χ0) is 13.9. The summed E-state index contributed by atoms with van der Waals surface area (Å²) < 4.78 is 5.79. The van der Waals surface area contributed by atoms with Crippen molar-refractivity contribution < 1.29 is 4.74 Å². The van der Waals surface area contributed by atoms with Gasteiger partial charge in [0.25, 0.3) is 0 Å². The molecule has 1 aromatic rings. The average molecular weight is 265 g/mol. The van der Waals surface area contributed by atoms with Gasteiger partial charge in [-0.15, -0.1) is 0 Å². The van der Waals surface area contributed by atoms with E-state index in [0.29, 0.717) is 12.7 Å². The number of hydrogen-bond acceptors (Lipinski definition) is 4. The van der Waals surface area contributed by atoms with Crippen molar-refractivity contribution in [3.05, 3.63) is 18.1 Å². The highest BCUT2D eigenvalue weighted by molar-refractivity contribution is 5.30. The second-order valence-corrected chi connectivity index (χ2v) is 4.89. The van der Waals surface area contributed by atoms with Crippen molar-refractivity contribution in [1.29, 1.82) is 0 Å². The van der Waals surface area contributed by atoms with Gasteiger partial charge in [0.1, 0.15) is 5.82 Å². The Balaban J connectivity index is 2.20. The van der Waals surface area contributed by atoms with Gasteiger partial charge in [0.05, 0.1) is 30.8 Å². The first kappa shape index (κ1) is 15.9. The molecule has 4 nitrogen and oxygen atoms in total. The van der Waals surface area contributed by atoms with Gasteiger partial charge in [-0.2, -0.15) is 0 Å². The molecule has 0 aromatic carbocycles. The second-order valence-electron chi connectivity index (χ2n) is 4.89. The first-order valence-electron chi connectivity index (χ1n) is 7.42. The van der Waals surface area contributed by atoms with Crippen LogP contribution in [0.4, 0.5) is 5.82 Å². The number of unbranched alkanes of at least 4 members (excludes halogenated alkanes) is 3. The maximum atomic E-state index is 5.79. The molecule has 1 aromatic heterocycles. The molecule has 0 aliphatic carbocycles. The minimum atomic E-state index is 0.298. The van der Waals surface area contributed by atoms with Crippen LogP contribution in [0.25, 0.3) is 0 Å². The van der Waals surface area contributed by atoms with E-state index in [-0.39, 0.29) is 0 Å². The SMILES string of the molecule is CCCCCCC(C)OCc1cnc(NCC)cn1. The zero-order valence-electron chi connectivity index (χ0n) is 12.5. The lowest BCUT2D eigenvalue weighted by atomic mass is 10.1. The molecule has 0 aliphatic rings. The van der Waals surface area contributed by atoms with Gasteiger partial charge in [-0.05, 0) is 20.3 Å². The molecule has 108 valence electrons. The monoisotopic (exact) mass is 265 g/mol. The summed E-state index contributed by atoms with van der Waals surface area (Å²) in [6.45, 7) is 7.81. The van der Waals surface area contributed by atoms with Gasteiger partial charge in [0.2, 0.25) is 0 Å². The zero-order valence-corrected chi connectivity index (χ0v) is 12.5. The van der Waals surface area contributed by atoms with Crippen LogP contribution in [0.15, 0.2) is 12.4 Å². The molecule has 0 saturated heterocycles. The van der Waals surface area contributed by atoms with Crippen LogP contribution >= 0.6 is 0 Å². The molecule has 4 heteroatoms. The summed E-state index contributed by atoms with van der Waals surface area (Å²) in [6.07, 6.45) is 10.1. The first-order valence-corrected chi connectivity index (χ1v) is 7.42. The molecule has 0 amide bonds. The normalized spacial score (nSPS) is 12.4. The molecule has 1 heterocycles. The average Bonchev–Trinajstić information content (AvgIpc) is 2.43. The smallest absolute Gasteiger partial charge is 0.144 e. The fourth-order valence-electron chi connectivity index (χ4n) is 1.87. The van der Waals surface area contributed by atoms with Crippen molar-refractivity contribution in [3.63, 3.8) is 0 Å². The van der Waals surface area contributed by atoms with Gasteiger partial charge >= 0.3 is 0 Å². The number of nitrogens with zero attached hydrogens (tertiary/aromatic N) is 2. The summed E-state index contributed by atoms with van der Waals surface area (Å²) >= 11 is 0. The Kier molecular flexibility index (Phi) is 8.14. The minimum Gasteiger partial charge on any atom is -0.372 e. The number of hydrogen-bond donors (Lipinski definition) is 1. The lowest BCUT2D eigenvalue weighted by Gasteiger charge is -2.12. The molecule has 0 spiro atoms. The fraction of sp³-hybridized carbons (Fsp3) is 0.733. The van der Waals surface area contributed by atoms with E-state index in [2.05, 4.69) is 29.1 Å². The molecule has 0 aliphatic heterocycles. The van der Waals surface area contributed by atoms with E-state index in [1.807, 2.05) is 6.92 Å². The molecule has 0 radical (unpaired) electrons. The summed E-state index contributed by atoms with van der Waals surface area (Å²) in [5.74, 6) is 0.818. The Morgan fingerprint density at radius 3 is 2.63 bits per heavy atom. The number of aromatic nitrogens is 2. The van der Waals surface area contributed by atoms with Gasteiger partial charge in [0.15, 0.2) is 0 Å². The third-order valence-electron chi connectivity index (χ3n) is 3.04. The van der Waals surface area contributed by atoms with Gasteiger partial charge in [-0.3, -0.25) is 4.98 Å². The summed E-state index contributed by atoms with van der Waals surface area (Å²) in [6, 6.07) is 0. The van der Waals surface area contributed by atoms with Crippen LogP contribution in [0, 0.1) is 0 Å². The van der Waals surface area contributed by atoms with E-state index >= 15 is 0 Å². The van der Waals surface area contributed by atoms with Gasteiger partial charge in [-0.1, -0.05) is 32.6 Å². The van der Waals surface area contributed by atoms with E-state index in [0.717, 1.165) is 24.5 Å². The Labute approximate surface area is 117 Å². The van der Waals surface area contributed by atoms with E-state index < -0.39 is 0 Å². The van der Waals surface area contributed by atoms with Crippen molar-refractivity contribution in [3.8, 4) is 0 Å². The number of nitrogens with one attached hydrogen (secondary N) is 1. The number of anilines is 1. The molecular formula is C15H27N3O. The predicted octanol–water partition coefficient (Wildman–Crippen LogP) is 3.78. The van der Waals surface area contributed by atoms with E-state index in [4.69, 9.17) is 4.74 Å². The Bertz CT molecular complexity index is 327. The predicted molar refractivity (Wildman–Crippen MR) is 79.2 cm³/mol. The standard InChI is InChI=1S/C15H27N3O/c1-4-6-7-8-9-13(3)19-12-14-10-18-15(11-17-14)16-5-2/h10-11,13H,4-9,12H2,1-3H3,(H,16,18). The van der Waals surface area contributed by atoms with Gasteiger partial charge < -0.3 is 10.1 Å². The number of rotatable bonds is 10. The highest BCUT2D eigenvalue weighted by atomic mass is 16.5. The molecule has 1 rings (SSSR count). The minimum absolute atomic E-state index is 0.298. The van der Waals surface area contributed by atoms with Crippen LogP contribution in [0.2, 0.25) is 0 Å². The van der Waals surface area contributed by atoms with Crippen LogP contribution in [-0.2, 0) is 11.3 Å². The maximum Gasteiger partial charge on any atom is 0.144 e. The Morgan fingerprint density at radius 1 is 1.16 bits per heavy atom. The molecule has 19 heavy (non-hydrogen) atoms. The van der Waals surface area contributed by atoms with E-state index in [1.165, 1.54) is 25.7 Å². The van der Waals surface area contributed by atoms with Crippen molar-refractivity contribution in [1.82, 2.24) is 9.97 Å². The number of ether oxygens (including phenoxy) is 1. The van der Waals surface area contributed by atoms with Crippen LogP contribution in [0.5, 0.6) is 0 Å². The second kappa shape index (κ2) is 9.73. The third-order valence-corrected chi connectivity index (χ3v) is 3.04.